The minimum atomic E-state index is -4.37. The van der Waals surface area contributed by atoms with Crippen molar-refractivity contribution in [2.75, 3.05) is 36.2 Å². The summed E-state index contributed by atoms with van der Waals surface area (Å²) in [5.74, 6) is 0.409. The van der Waals surface area contributed by atoms with Crippen molar-refractivity contribution >= 4 is 33.3 Å². The van der Waals surface area contributed by atoms with E-state index in [1.807, 2.05) is 4.90 Å². The molecule has 0 radical (unpaired) electrons. The first-order chi connectivity index (χ1) is 19.0. The third kappa shape index (κ3) is 6.06. The molecule has 212 valence electrons. The van der Waals surface area contributed by atoms with Gasteiger partial charge in [-0.05, 0) is 67.0 Å². The number of hydrogen-bond donors (Lipinski definition) is 1. The average molecular weight is 575 g/mol. The van der Waals surface area contributed by atoms with Crippen LogP contribution in [0, 0.1) is 0 Å². The topological polar surface area (TPSA) is 101 Å². The quantitative estimate of drug-likeness (QED) is 0.408. The number of halogens is 3. The van der Waals surface area contributed by atoms with Crippen LogP contribution in [0.5, 0.6) is 0 Å². The molecule has 2 aliphatic rings. The molecule has 5 rings (SSSR count). The van der Waals surface area contributed by atoms with Crippen molar-refractivity contribution in [3.8, 4) is 0 Å². The number of ether oxygens (including phenoxy) is 1. The fourth-order valence-electron chi connectivity index (χ4n) is 5.18. The van der Waals surface area contributed by atoms with Gasteiger partial charge in [0.1, 0.15) is 4.90 Å². The van der Waals surface area contributed by atoms with Gasteiger partial charge < -0.3 is 15.0 Å². The number of sulfone groups is 1. The number of carbonyl (C=O) groups is 1. The summed E-state index contributed by atoms with van der Waals surface area (Å²) >= 11 is 0. The van der Waals surface area contributed by atoms with E-state index in [1.165, 1.54) is 7.11 Å². The van der Waals surface area contributed by atoms with Crippen molar-refractivity contribution in [3.63, 3.8) is 0 Å². The number of aryl methyl sites for hydroxylation is 1. The van der Waals surface area contributed by atoms with Crippen molar-refractivity contribution in [1.82, 2.24) is 9.97 Å². The van der Waals surface area contributed by atoms with Crippen molar-refractivity contribution in [3.05, 3.63) is 70.9 Å². The third-order valence-electron chi connectivity index (χ3n) is 7.34. The monoisotopic (exact) mass is 574 g/mol. The van der Waals surface area contributed by atoms with Gasteiger partial charge >= 0.3 is 12.1 Å². The van der Waals surface area contributed by atoms with E-state index >= 15 is 0 Å². The van der Waals surface area contributed by atoms with Crippen LogP contribution < -0.4 is 10.2 Å². The number of piperidine rings is 1. The number of methoxy groups -OCH3 is 1. The lowest BCUT2D eigenvalue weighted by atomic mass is 9.89. The summed E-state index contributed by atoms with van der Waals surface area (Å²) in [5.41, 5.74) is 2.05. The minimum Gasteiger partial charge on any atom is -0.469 e. The molecule has 0 amide bonds. The summed E-state index contributed by atoms with van der Waals surface area (Å²) in [6, 6.07) is 12.3. The molecule has 1 saturated heterocycles. The first-order valence-corrected chi connectivity index (χ1v) is 14.7. The number of fused-ring (bicyclic) bond motifs is 1. The number of hydrogen-bond acceptors (Lipinski definition) is 8. The molecule has 0 saturated carbocycles. The number of aromatic nitrogens is 2. The maximum atomic E-state index is 13.0. The van der Waals surface area contributed by atoms with Crippen LogP contribution in [-0.4, -0.2) is 50.3 Å². The van der Waals surface area contributed by atoms with Gasteiger partial charge in [-0.1, -0.05) is 24.3 Å². The van der Waals surface area contributed by atoms with E-state index in [9.17, 15) is 26.4 Å². The molecular weight excluding hydrogens is 545 g/mol. The predicted molar refractivity (Wildman–Crippen MR) is 143 cm³/mol. The van der Waals surface area contributed by atoms with Crippen LogP contribution in [0.1, 0.15) is 47.6 Å². The second-order valence-electron chi connectivity index (χ2n) is 10.0. The lowest BCUT2D eigenvalue weighted by molar-refractivity contribution is -0.140. The molecule has 3 aromatic rings. The summed E-state index contributed by atoms with van der Waals surface area (Å²) in [5, 5.41) is 3.15. The first-order valence-electron chi connectivity index (χ1n) is 13.0. The smallest absolute Gasteiger partial charge is 0.416 e. The second-order valence-corrected chi connectivity index (χ2v) is 12.1. The van der Waals surface area contributed by atoms with Crippen LogP contribution in [0.3, 0.4) is 0 Å². The van der Waals surface area contributed by atoms with Crippen LogP contribution in [-0.2, 0) is 38.4 Å². The van der Waals surface area contributed by atoms with Crippen LogP contribution in [0.4, 0.5) is 30.6 Å². The Hall–Kier alpha value is -3.67. The van der Waals surface area contributed by atoms with E-state index in [0.717, 1.165) is 23.3 Å². The number of benzene rings is 2. The van der Waals surface area contributed by atoms with Crippen LogP contribution in [0.15, 0.2) is 53.4 Å². The van der Waals surface area contributed by atoms with E-state index in [0.29, 0.717) is 56.1 Å². The Morgan fingerprint density at radius 2 is 1.73 bits per heavy atom. The van der Waals surface area contributed by atoms with E-state index in [-0.39, 0.29) is 34.8 Å². The highest BCUT2D eigenvalue weighted by atomic mass is 32.2. The van der Waals surface area contributed by atoms with Gasteiger partial charge in [-0.3, -0.25) is 4.79 Å². The fraction of sp³-hybridized carbons (Fsp3) is 0.393. The summed E-state index contributed by atoms with van der Waals surface area (Å²) in [6.07, 6.45) is -1.85. The molecule has 0 spiro atoms. The summed E-state index contributed by atoms with van der Waals surface area (Å²) < 4.78 is 69.5. The molecule has 12 heteroatoms. The van der Waals surface area contributed by atoms with E-state index in [1.54, 1.807) is 36.4 Å². The number of nitrogens with zero attached hydrogens (tertiary/aromatic N) is 3. The Morgan fingerprint density at radius 1 is 1.05 bits per heavy atom. The molecule has 0 unspecified atom stereocenters. The molecule has 40 heavy (non-hydrogen) atoms. The van der Waals surface area contributed by atoms with Crippen molar-refractivity contribution in [1.29, 1.82) is 0 Å². The highest BCUT2D eigenvalue weighted by molar-refractivity contribution is 7.91. The van der Waals surface area contributed by atoms with Crippen LogP contribution in [0.25, 0.3) is 0 Å². The zero-order valence-electron chi connectivity index (χ0n) is 21.9. The largest absolute Gasteiger partial charge is 0.469 e. The standard InChI is InChI=1S/C28H29F3N4O4S/c1-39-24(36)17-18-4-10-22(11-5-18)32-26-25-23(3-2-16-40(25,37)38)33-27(34-26)35-14-12-20(13-15-35)19-6-8-21(9-7-19)28(29,30)31/h4-11,20H,2-3,12-17H2,1H3,(H,32,33,34). The van der Waals surface area contributed by atoms with Gasteiger partial charge in [0.05, 0.1) is 30.5 Å². The van der Waals surface area contributed by atoms with Crippen molar-refractivity contribution < 1.29 is 31.1 Å². The number of anilines is 3. The Kier molecular flexibility index (Phi) is 7.72. The molecule has 2 aliphatic heterocycles. The fourth-order valence-corrected chi connectivity index (χ4v) is 6.80. The zero-order valence-corrected chi connectivity index (χ0v) is 22.7. The lowest BCUT2D eigenvalue weighted by Gasteiger charge is -2.33. The Bertz CT molecular complexity index is 1490. The number of rotatable bonds is 6. The number of esters is 1. The van der Waals surface area contributed by atoms with E-state index < -0.39 is 21.6 Å². The van der Waals surface area contributed by atoms with Gasteiger partial charge in [0, 0.05) is 18.8 Å². The SMILES string of the molecule is COC(=O)Cc1ccc(Nc2nc(N3CCC(c4ccc(C(F)(F)F)cc4)CC3)nc3c2S(=O)(=O)CCC3)cc1. The Labute approximate surface area is 230 Å². The zero-order chi connectivity index (χ0) is 28.5. The van der Waals surface area contributed by atoms with Gasteiger partial charge in [-0.15, -0.1) is 0 Å². The highest BCUT2D eigenvalue weighted by Gasteiger charge is 2.33. The maximum absolute atomic E-state index is 13.0. The molecule has 3 heterocycles. The number of carbonyl (C=O) groups excluding carboxylic acids is 1. The molecule has 1 fully saturated rings. The third-order valence-corrected chi connectivity index (χ3v) is 9.22. The predicted octanol–water partition coefficient (Wildman–Crippen LogP) is 5.06. The Balaban J connectivity index is 1.36. The van der Waals surface area contributed by atoms with Crippen molar-refractivity contribution in [2.24, 2.45) is 0 Å². The minimum absolute atomic E-state index is 0.0218. The normalized spacial score (nSPS) is 17.2. The van der Waals surface area contributed by atoms with Gasteiger partial charge in [-0.25, -0.2) is 13.4 Å². The molecule has 2 aromatic carbocycles. The molecule has 8 nitrogen and oxygen atoms in total. The van der Waals surface area contributed by atoms with Crippen molar-refractivity contribution in [2.45, 2.75) is 49.1 Å². The van der Waals surface area contributed by atoms with Crippen LogP contribution >= 0.6 is 0 Å². The first kappa shape index (κ1) is 27.9. The average Bonchev–Trinajstić information content (AvgIpc) is 2.93. The molecular formula is C28H29F3N4O4S. The van der Waals surface area contributed by atoms with Gasteiger partial charge in [0.25, 0.3) is 0 Å². The summed E-state index contributed by atoms with van der Waals surface area (Å²) in [6.45, 7) is 1.16. The molecule has 1 N–H and O–H groups in total. The van der Waals surface area contributed by atoms with Crippen LogP contribution in [0.2, 0.25) is 0 Å². The van der Waals surface area contributed by atoms with Gasteiger partial charge in [-0.2, -0.15) is 18.2 Å². The second kappa shape index (κ2) is 11.1. The molecule has 0 atom stereocenters. The van der Waals surface area contributed by atoms with Gasteiger partial charge in [0.2, 0.25) is 5.95 Å². The summed E-state index contributed by atoms with van der Waals surface area (Å²) in [4.78, 5) is 23.0. The molecule has 0 aliphatic carbocycles. The maximum Gasteiger partial charge on any atom is 0.416 e. The van der Waals surface area contributed by atoms with Gasteiger partial charge in [0.15, 0.2) is 15.7 Å². The Morgan fingerprint density at radius 3 is 2.35 bits per heavy atom. The summed E-state index contributed by atoms with van der Waals surface area (Å²) in [7, 11) is -2.25. The van der Waals surface area contributed by atoms with E-state index in [2.05, 4.69) is 15.3 Å². The van der Waals surface area contributed by atoms with E-state index in [4.69, 9.17) is 4.74 Å². The molecule has 0 bridgehead atoms. The molecule has 1 aromatic heterocycles. The number of nitrogens with one attached hydrogen (secondary N) is 1. The highest BCUT2D eigenvalue weighted by Crippen LogP contribution is 2.36. The number of alkyl halides is 3. The lowest BCUT2D eigenvalue weighted by Crippen LogP contribution is -2.35.